The molecule has 0 amide bonds. The molecule has 0 spiro atoms. The van der Waals surface area contributed by atoms with Gasteiger partial charge in [-0.05, 0) is 31.1 Å². The molecule has 16 heavy (non-hydrogen) atoms. The van der Waals surface area contributed by atoms with E-state index >= 15 is 0 Å². The number of thiocarbonyl (C=S) groups is 2. The predicted molar refractivity (Wildman–Crippen MR) is 84.6 cm³/mol. The van der Waals surface area contributed by atoms with Gasteiger partial charge in [-0.1, -0.05) is 30.9 Å². The van der Waals surface area contributed by atoms with Crippen LogP contribution in [0.4, 0.5) is 0 Å². The maximum atomic E-state index is 4.89. The molecule has 2 atom stereocenters. The Balaban J connectivity index is 2.24. The van der Waals surface area contributed by atoms with Gasteiger partial charge in [0, 0.05) is 13.1 Å². The Morgan fingerprint density at radius 3 is 1.81 bits per heavy atom. The fourth-order valence-corrected chi connectivity index (χ4v) is 2.59. The lowest BCUT2D eigenvalue weighted by Gasteiger charge is -2.29. The van der Waals surface area contributed by atoms with Crippen LogP contribution in [0.1, 0.15) is 25.7 Å². The molecule has 1 aliphatic carbocycles. The van der Waals surface area contributed by atoms with Crippen molar-refractivity contribution in [2.45, 2.75) is 25.7 Å². The monoisotopic (exact) mass is 294 g/mol. The standard InChI is InChI=1S/C10H18N2S4/c13-9(14)11-5-7-2-1-3-8(4-7)6-12-10(15)16/h7-8H,1-6H2,(H2,11,13,14)(H2,12,15,16). The first-order valence-electron chi connectivity index (χ1n) is 5.51. The van der Waals surface area contributed by atoms with Gasteiger partial charge in [0.05, 0.1) is 0 Å². The van der Waals surface area contributed by atoms with Crippen molar-refractivity contribution in [1.29, 1.82) is 0 Å². The van der Waals surface area contributed by atoms with E-state index in [2.05, 4.69) is 35.9 Å². The van der Waals surface area contributed by atoms with E-state index in [0.717, 1.165) is 13.1 Å². The molecule has 2 N–H and O–H groups in total. The van der Waals surface area contributed by atoms with Gasteiger partial charge in [0.25, 0.3) is 0 Å². The zero-order chi connectivity index (χ0) is 12.0. The van der Waals surface area contributed by atoms with Crippen LogP contribution in [0, 0.1) is 11.8 Å². The molecule has 0 bridgehead atoms. The Bertz CT molecular complexity index is 233. The molecule has 0 saturated heterocycles. The average Bonchev–Trinajstić information content (AvgIpc) is 2.24. The molecule has 6 heteroatoms. The van der Waals surface area contributed by atoms with Gasteiger partial charge in [0.2, 0.25) is 0 Å². The van der Waals surface area contributed by atoms with Gasteiger partial charge in [-0.15, -0.1) is 25.3 Å². The molecule has 0 aliphatic heterocycles. The van der Waals surface area contributed by atoms with Crippen molar-refractivity contribution in [2.75, 3.05) is 13.1 Å². The maximum Gasteiger partial charge on any atom is 0.130 e. The van der Waals surface area contributed by atoms with Crippen LogP contribution < -0.4 is 10.6 Å². The fraction of sp³-hybridized carbons (Fsp3) is 0.800. The first kappa shape index (κ1) is 14.5. The van der Waals surface area contributed by atoms with Crippen LogP contribution in [0.15, 0.2) is 0 Å². The van der Waals surface area contributed by atoms with Crippen LogP contribution in [-0.4, -0.2) is 21.7 Å². The zero-order valence-corrected chi connectivity index (χ0v) is 12.5. The second-order valence-corrected chi connectivity index (χ2v) is 6.59. The summed E-state index contributed by atoms with van der Waals surface area (Å²) in [5, 5.41) is 6.27. The number of rotatable bonds is 4. The summed E-state index contributed by atoms with van der Waals surface area (Å²) in [5.41, 5.74) is 0. The number of thiol groups is 2. The van der Waals surface area contributed by atoms with E-state index in [1.54, 1.807) is 0 Å². The van der Waals surface area contributed by atoms with E-state index in [1.807, 2.05) is 0 Å². The van der Waals surface area contributed by atoms with Gasteiger partial charge in [-0.3, -0.25) is 0 Å². The summed E-state index contributed by atoms with van der Waals surface area (Å²) in [5.74, 6) is 1.42. The Hall–Kier alpha value is 0.480. The summed E-state index contributed by atoms with van der Waals surface area (Å²) in [4.78, 5) is 0. The van der Waals surface area contributed by atoms with E-state index in [1.165, 1.54) is 25.7 Å². The first-order valence-corrected chi connectivity index (χ1v) is 7.22. The molecule has 0 aromatic rings. The van der Waals surface area contributed by atoms with Crippen molar-refractivity contribution < 1.29 is 0 Å². The third-order valence-electron chi connectivity index (χ3n) is 2.98. The largest absolute Gasteiger partial charge is 0.371 e. The summed E-state index contributed by atoms with van der Waals surface area (Å²) in [6.45, 7) is 1.90. The second-order valence-electron chi connectivity index (χ2n) is 4.27. The third-order valence-corrected chi connectivity index (χ3v) is 3.58. The molecular formula is C10H18N2S4. The molecule has 0 aromatic heterocycles. The average molecular weight is 295 g/mol. The molecule has 2 unspecified atom stereocenters. The highest BCUT2D eigenvalue weighted by molar-refractivity contribution is 8.11. The van der Waals surface area contributed by atoms with Crippen molar-refractivity contribution in [1.82, 2.24) is 10.6 Å². The molecule has 1 saturated carbocycles. The lowest BCUT2D eigenvalue weighted by atomic mass is 9.81. The first-order chi connectivity index (χ1) is 7.58. The van der Waals surface area contributed by atoms with Gasteiger partial charge in [0.1, 0.15) is 8.64 Å². The van der Waals surface area contributed by atoms with Crippen molar-refractivity contribution >= 4 is 58.3 Å². The van der Waals surface area contributed by atoms with Crippen LogP contribution in [0.5, 0.6) is 0 Å². The van der Waals surface area contributed by atoms with Crippen LogP contribution in [0.25, 0.3) is 0 Å². The third kappa shape index (κ3) is 6.27. The van der Waals surface area contributed by atoms with Crippen molar-refractivity contribution in [3.63, 3.8) is 0 Å². The lowest BCUT2D eigenvalue weighted by Crippen LogP contribution is -2.33. The molecule has 2 nitrogen and oxygen atoms in total. The van der Waals surface area contributed by atoms with E-state index in [9.17, 15) is 0 Å². The van der Waals surface area contributed by atoms with Gasteiger partial charge in [-0.2, -0.15) is 0 Å². The molecule has 1 aliphatic rings. The van der Waals surface area contributed by atoms with Crippen LogP contribution >= 0.6 is 49.7 Å². The summed E-state index contributed by atoms with van der Waals surface area (Å²) in [7, 11) is 0. The second kappa shape index (κ2) is 7.74. The minimum Gasteiger partial charge on any atom is -0.371 e. The molecule has 1 fully saturated rings. The van der Waals surface area contributed by atoms with Crippen LogP contribution in [0.2, 0.25) is 0 Å². The number of nitrogens with one attached hydrogen (secondary N) is 2. The lowest BCUT2D eigenvalue weighted by molar-refractivity contribution is 0.267. The maximum absolute atomic E-state index is 4.89. The van der Waals surface area contributed by atoms with Crippen LogP contribution in [-0.2, 0) is 0 Å². The normalized spacial score (nSPS) is 24.9. The fourth-order valence-electron chi connectivity index (χ4n) is 2.24. The number of hydrogen-bond donors (Lipinski definition) is 4. The van der Waals surface area contributed by atoms with Crippen molar-refractivity contribution in [3.05, 3.63) is 0 Å². The van der Waals surface area contributed by atoms with Gasteiger partial charge < -0.3 is 10.6 Å². The smallest absolute Gasteiger partial charge is 0.130 e. The Kier molecular flexibility index (Phi) is 7.03. The Labute approximate surface area is 119 Å². The highest BCUT2D eigenvalue weighted by atomic mass is 32.1. The summed E-state index contributed by atoms with van der Waals surface area (Å²) in [6.07, 6.45) is 5.08. The minimum atomic E-state index is 0.594. The van der Waals surface area contributed by atoms with E-state index in [-0.39, 0.29) is 0 Å². The minimum absolute atomic E-state index is 0.594. The molecule has 0 radical (unpaired) electrons. The molecular weight excluding hydrogens is 276 g/mol. The van der Waals surface area contributed by atoms with Crippen LogP contribution in [0.3, 0.4) is 0 Å². The predicted octanol–water partition coefficient (Wildman–Crippen LogP) is 2.40. The van der Waals surface area contributed by atoms with Gasteiger partial charge >= 0.3 is 0 Å². The zero-order valence-electron chi connectivity index (χ0n) is 9.11. The van der Waals surface area contributed by atoms with Crippen molar-refractivity contribution in [3.8, 4) is 0 Å². The van der Waals surface area contributed by atoms with Gasteiger partial charge in [-0.25, -0.2) is 0 Å². The highest BCUT2D eigenvalue weighted by Crippen LogP contribution is 2.28. The summed E-state index contributed by atoms with van der Waals surface area (Å²) < 4.78 is 1.19. The SMILES string of the molecule is S=C(S)NCC1CCCC(CNC(=S)S)C1. The molecule has 1 rings (SSSR count). The number of hydrogen-bond acceptors (Lipinski definition) is 2. The summed E-state index contributed by atoms with van der Waals surface area (Å²) in [6, 6.07) is 0. The Morgan fingerprint density at radius 1 is 1.00 bits per heavy atom. The van der Waals surface area contributed by atoms with Gasteiger partial charge in [0.15, 0.2) is 0 Å². The van der Waals surface area contributed by atoms with Crippen molar-refractivity contribution in [2.24, 2.45) is 11.8 Å². The molecule has 92 valence electrons. The quantitative estimate of drug-likeness (QED) is 0.472. The molecule has 0 heterocycles. The summed E-state index contributed by atoms with van der Waals surface area (Å²) >= 11 is 17.9. The highest BCUT2D eigenvalue weighted by Gasteiger charge is 2.21. The molecule has 0 aromatic carbocycles. The van der Waals surface area contributed by atoms with E-state index in [4.69, 9.17) is 24.4 Å². The Morgan fingerprint density at radius 2 is 1.44 bits per heavy atom. The topological polar surface area (TPSA) is 24.1 Å². The van der Waals surface area contributed by atoms with E-state index < -0.39 is 0 Å². The van der Waals surface area contributed by atoms with E-state index in [0.29, 0.717) is 20.5 Å².